The second kappa shape index (κ2) is 7.85. The molecule has 4 heterocycles. The van der Waals surface area contributed by atoms with Crippen molar-refractivity contribution < 1.29 is 9.31 Å². The predicted molar refractivity (Wildman–Crippen MR) is 153 cm³/mol. The van der Waals surface area contributed by atoms with E-state index in [2.05, 4.69) is 134 Å². The van der Waals surface area contributed by atoms with Crippen molar-refractivity contribution in [1.29, 1.82) is 0 Å². The van der Waals surface area contributed by atoms with Gasteiger partial charge >= 0.3 is 7.12 Å². The van der Waals surface area contributed by atoms with Crippen molar-refractivity contribution in [3.05, 3.63) is 97.2 Å². The topological polar surface area (TPSA) is 38.7 Å². The van der Waals surface area contributed by atoms with Crippen LogP contribution in [0.1, 0.15) is 27.7 Å². The Labute approximate surface area is 217 Å². The molecule has 182 valence electrons. The fourth-order valence-corrected chi connectivity index (χ4v) is 5.50. The van der Waals surface area contributed by atoms with Gasteiger partial charge in [-0.2, -0.15) is 0 Å². The van der Waals surface area contributed by atoms with Crippen LogP contribution in [0.3, 0.4) is 0 Å². The third kappa shape index (κ3) is 3.38. The van der Waals surface area contributed by atoms with Crippen molar-refractivity contribution in [1.82, 2.24) is 9.38 Å². The van der Waals surface area contributed by atoms with Gasteiger partial charge in [0.25, 0.3) is 0 Å². The van der Waals surface area contributed by atoms with Crippen LogP contribution in [-0.2, 0) is 9.31 Å². The fourth-order valence-electron chi connectivity index (χ4n) is 5.50. The van der Waals surface area contributed by atoms with Crippen molar-refractivity contribution >= 4 is 40.0 Å². The quantitative estimate of drug-likeness (QED) is 0.270. The lowest BCUT2D eigenvalue weighted by atomic mass is 9.78. The number of benzene rings is 3. The molecule has 1 aliphatic rings. The van der Waals surface area contributed by atoms with E-state index in [1.807, 2.05) is 0 Å². The zero-order chi connectivity index (χ0) is 25.4. The van der Waals surface area contributed by atoms with Gasteiger partial charge in [0.2, 0.25) is 0 Å². The summed E-state index contributed by atoms with van der Waals surface area (Å²) < 4.78 is 15.0. The Bertz CT molecular complexity index is 1780. The highest BCUT2D eigenvalue weighted by Gasteiger charge is 2.51. The van der Waals surface area contributed by atoms with Gasteiger partial charge in [-0.05, 0) is 74.1 Å². The highest BCUT2D eigenvalue weighted by molar-refractivity contribution is 6.62. The van der Waals surface area contributed by atoms with E-state index in [1.165, 1.54) is 33.3 Å². The van der Waals surface area contributed by atoms with Crippen molar-refractivity contribution in [3.8, 4) is 22.3 Å². The lowest BCUT2D eigenvalue weighted by Crippen LogP contribution is -2.41. The Morgan fingerprint density at radius 2 is 1.41 bits per heavy atom. The van der Waals surface area contributed by atoms with Crippen LogP contribution in [0.2, 0.25) is 0 Å². The van der Waals surface area contributed by atoms with Crippen LogP contribution in [0.5, 0.6) is 0 Å². The van der Waals surface area contributed by atoms with Crippen molar-refractivity contribution in [3.63, 3.8) is 0 Å². The van der Waals surface area contributed by atoms with Crippen LogP contribution in [0.25, 0.3) is 49.7 Å². The molecule has 0 aliphatic carbocycles. The van der Waals surface area contributed by atoms with Crippen LogP contribution in [-0.4, -0.2) is 27.7 Å². The summed E-state index contributed by atoms with van der Waals surface area (Å²) in [6.45, 7) is 8.37. The number of nitrogens with one attached hydrogen (secondary N) is 1. The Kier molecular flexibility index (Phi) is 4.75. The van der Waals surface area contributed by atoms with E-state index in [0.717, 1.165) is 21.9 Å². The summed E-state index contributed by atoms with van der Waals surface area (Å²) in [5.74, 6) is 0. The maximum atomic E-state index is 6.37. The standard InChI is InChI=1S/C32H29BN2O2/c1-31(2)32(3,4)37-33(36-31)24-16-17-26-25(20-24)30-29(34-26)28(27-15-8-9-18-35(27)30)23-14-10-13-22(19-23)21-11-6-5-7-12-21/h5-20,34H,1-4H3. The molecule has 0 saturated carbocycles. The second-order valence-electron chi connectivity index (χ2n) is 11.0. The molecule has 0 amide bonds. The molecule has 0 bridgehead atoms. The Hall–Kier alpha value is -3.80. The third-order valence-electron chi connectivity index (χ3n) is 8.19. The minimum Gasteiger partial charge on any atom is -0.399 e. The summed E-state index contributed by atoms with van der Waals surface area (Å²) >= 11 is 0. The first kappa shape index (κ1) is 22.4. The zero-order valence-corrected chi connectivity index (χ0v) is 21.6. The molecule has 1 N–H and O–H groups in total. The van der Waals surface area contributed by atoms with Crippen LogP contribution >= 0.6 is 0 Å². The van der Waals surface area contributed by atoms with Gasteiger partial charge in [-0.1, -0.05) is 66.7 Å². The smallest absolute Gasteiger partial charge is 0.399 e. The van der Waals surface area contributed by atoms with E-state index >= 15 is 0 Å². The van der Waals surface area contributed by atoms with E-state index in [0.29, 0.717) is 0 Å². The largest absolute Gasteiger partial charge is 0.494 e. The van der Waals surface area contributed by atoms with Gasteiger partial charge in [-0.3, -0.25) is 0 Å². The molecule has 7 rings (SSSR count). The number of H-pyrrole nitrogens is 1. The van der Waals surface area contributed by atoms with Crippen molar-refractivity contribution in [2.45, 2.75) is 38.9 Å². The highest BCUT2D eigenvalue weighted by Crippen LogP contribution is 2.40. The average Bonchev–Trinajstić information content (AvgIpc) is 3.49. The normalized spacial score (nSPS) is 16.8. The van der Waals surface area contributed by atoms with Crippen LogP contribution in [0.15, 0.2) is 97.2 Å². The molecular weight excluding hydrogens is 455 g/mol. The third-order valence-corrected chi connectivity index (χ3v) is 8.19. The SMILES string of the molecule is CC1(C)OB(c2ccc3[nH]c4c(-c5cccc(-c6ccccc6)c5)c5ccccn5c4c3c2)OC1(C)C. The molecule has 5 heteroatoms. The van der Waals surface area contributed by atoms with E-state index in [9.17, 15) is 0 Å². The highest BCUT2D eigenvalue weighted by atomic mass is 16.7. The molecule has 4 nitrogen and oxygen atoms in total. The monoisotopic (exact) mass is 484 g/mol. The molecule has 37 heavy (non-hydrogen) atoms. The number of nitrogens with zero attached hydrogens (tertiary/aromatic N) is 1. The zero-order valence-electron chi connectivity index (χ0n) is 21.6. The molecule has 1 fully saturated rings. The number of fused-ring (bicyclic) bond motifs is 5. The minimum absolute atomic E-state index is 0.376. The molecule has 3 aromatic heterocycles. The molecule has 1 aliphatic heterocycles. The number of hydrogen-bond acceptors (Lipinski definition) is 2. The first-order valence-electron chi connectivity index (χ1n) is 12.9. The number of hydrogen-bond donors (Lipinski definition) is 1. The van der Waals surface area contributed by atoms with Gasteiger partial charge in [-0.15, -0.1) is 0 Å². The molecule has 0 radical (unpaired) electrons. The summed E-state index contributed by atoms with van der Waals surface area (Å²) in [4.78, 5) is 3.74. The second-order valence-corrected chi connectivity index (χ2v) is 11.0. The van der Waals surface area contributed by atoms with E-state index in [-0.39, 0.29) is 11.2 Å². The fraction of sp³-hybridized carbons (Fsp3) is 0.188. The summed E-state index contributed by atoms with van der Waals surface area (Å²) in [6, 6.07) is 32.2. The van der Waals surface area contributed by atoms with Gasteiger partial charge in [0.15, 0.2) is 0 Å². The lowest BCUT2D eigenvalue weighted by molar-refractivity contribution is 0.00578. The Morgan fingerprint density at radius 3 is 2.19 bits per heavy atom. The van der Waals surface area contributed by atoms with Crippen LogP contribution < -0.4 is 5.46 Å². The Morgan fingerprint density at radius 1 is 0.703 bits per heavy atom. The Balaban J connectivity index is 1.43. The molecule has 1 saturated heterocycles. The summed E-state index contributed by atoms with van der Waals surface area (Å²) in [5.41, 5.74) is 9.69. The van der Waals surface area contributed by atoms with Crippen molar-refractivity contribution in [2.75, 3.05) is 0 Å². The summed E-state index contributed by atoms with van der Waals surface area (Å²) in [5, 5.41) is 1.16. The molecule has 0 atom stereocenters. The van der Waals surface area contributed by atoms with Gasteiger partial charge in [0.05, 0.1) is 27.8 Å². The van der Waals surface area contributed by atoms with Gasteiger partial charge in [0.1, 0.15) is 0 Å². The molecule has 6 aromatic rings. The first-order valence-corrected chi connectivity index (χ1v) is 12.9. The molecule has 0 spiro atoms. The lowest BCUT2D eigenvalue weighted by Gasteiger charge is -2.32. The summed E-state index contributed by atoms with van der Waals surface area (Å²) in [6.07, 6.45) is 2.15. The molecule has 0 unspecified atom stereocenters. The number of aromatic nitrogens is 2. The number of pyridine rings is 1. The van der Waals surface area contributed by atoms with Crippen molar-refractivity contribution in [2.24, 2.45) is 0 Å². The van der Waals surface area contributed by atoms with E-state index < -0.39 is 7.12 Å². The number of rotatable bonds is 3. The van der Waals surface area contributed by atoms with E-state index in [4.69, 9.17) is 9.31 Å². The first-order chi connectivity index (χ1) is 17.8. The van der Waals surface area contributed by atoms with Gasteiger partial charge in [-0.25, -0.2) is 0 Å². The maximum absolute atomic E-state index is 6.37. The van der Waals surface area contributed by atoms with Gasteiger partial charge < -0.3 is 18.7 Å². The summed E-state index contributed by atoms with van der Waals surface area (Å²) in [7, 11) is -0.396. The van der Waals surface area contributed by atoms with Crippen LogP contribution in [0.4, 0.5) is 0 Å². The van der Waals surface area contributed by atoms with Gasteiger partial charge in [0, 0.05) is 22.7 Å². The minimum atomic E-state index is -0.396. The maximum Gasteiger partial charge on any atom is 0.494 e. The van der Waals surface area contributed by atoms with E-state index in [1.54, 1.807) is 0 Å². The molecular formula is C32H29BN2O2. The van der Waals surface area contributed by atoms with Crippen LogP contribution in [0, 0.1) is 0 Å². The predicted octanol–water partition coefficient (Wildman–Crippen LogP) is 7.21. The number of aromatic amines is 1. The molecule has 3 aromatic carbocycles. The average molecular weight is 484 g/mol.